The lowest BCUT2D eigenvalue weighted by atomic mass is 10.1. The molecule has 21 heavy (non-hydrogen) atoms. The van der Waals surface area contributed by atoms with Crippen LogP contribution in [0.1, 0.15) is 33.1 Å². The molecular formula is C16H23N3O2. The molecule has 0 radical (unpaired) electrons. The lowest BCUT2D eigenvalue weighted by Crippen LogP contribution is -2.30. The summed E-state index contributed by atoms with van der Waals surface area (Å²) in [6, 6.07) is 6.95. The van der Waals surface area contributed by atoms with Crippen LogP contribution < -0.4 is 16.0 Å². The van der Waals surface area contributed by atoms with Crippen molar-refractivity contribution >= 4 is 23.3 Å². The first kappa shape index (κ1) is 15.4. The summed E-state index contributed by atoms with van der Waals surface area (Å²) in [4.78, 5) is 23.3. The topological polar surface area (TPSA) is 70.2 Å². The lowest BCUT2D eigenvalue weighted by Gasteiger charge is -2.10. The molecule has 5 nitrogen and oxygen atoms in total. The van der Waals surface area contributed by atoms with E-state index < -0.39 is 0 Å². The highest BCUT2D eigenvalue weighted by Gasteiger charge is 2.29. The first-order valence-corrected chi connectivity index (χ1v) is 7.50. The molecule has 0 unspecified atom stereocenters. The van der Waals surface area contributed by atoms with Gasteiger partial charge in [0.25, 0.3) is 0 Å². The average Bonchev–Trinajstić information content (AvgIpc) is 3.25. The van der Waals surface area contributed by atoms with E-state index in [0.717, 1.165) is 24.9 Å². The number of hydrogen-bond acceptors (Lipinski definition) is 2. The highest BCUT2D eigenvalue weighted by atomic mass is 16.2. The summed E-state index contributed by atoms with van der Waals surface area (Å²) in [7, 11) is 0. The monoisotopic (exact) mass is 289 g/mol. The van der Waals surface area contributed by atoms with E-state index in [4.69, 9.17) is 0 Å². The van der Waals surface area contributed by atoms with Gasteiger partial charge in [-0.15, -0.1) is 0 Å². The van der Waals surface area contributed by atoms with Gasteiger partial charge in [0.15, 0.2) is 0 Å². The molecule has 0 heterocycles. The van der Waals surface area contributed by atoms with Crippen LogP contribution in [0, 0.1) is 11.8 Å². The van der Waals surface area contributed by atoms with E-state index in [1.807, 2.05) is 0 Å². The highest BCUT2D eigenvalue weighted by Crippen LogP contribution is 2.30. The molecule has 5 heteroatoms. The second-order valence-electron chi connectivity index (χ2n) is 5.90. The van der Waals surface area contributed by atoms with Gasteiger partial charge in [0.05, 0.1) is 0 Å². The molecule has 1 saturated carbocycles. The number of amides is 3. The van der Waals surface area contributed by atoms with Crippen LogP contribution in [-0.2, 0) is 4.79 Å². The Labute approximate surface area is 125 Å². The zero-order chi connectivity index (χ0) is 15.2. The van der Waals surface area contributed by atoms with Gasteiger partial charge in [0, 0.05) is 23.8 Å². The summed E-state index contributed by atoms with van der Waals surface area (Å²) in [5.41, 5.74) is 1.47. The predicted octanol–water partition coefficient (Wildman–Crippen LogP) is 3.20. The van der Waals surface area contributed by atoms with Crippen molar-refractivity contribution in [3.8, 4) is 0 Å². The van der Waals surface area contributed by atoms with Crippen molar-refractivity contribution in [3.63, 3.8) is 0 Å². The van der Waals surface area contributed by atoms with E-state index in [1.165, 1.54) is 0 Å². The molecule has 3 N–H and O–H groups in total. The van der Waals surface area contributed by atoms with Gasteiger partial charge in [-0.05, 0) is 49.4 Å². The fourth-order valence-electron chi connectivity index (χ4n) is 1.88. The minimum atomic E-state index is -0.203. The van der Waals surface area contributed by atoms with Crippen molar-refractivity contribution in [2.24, 2.45) is 11.8 Å². The third-order valence-electron chi connectivity index (χ3n) is 3.37. The van der Waals surface area contributed by atoms with E-state index in [-0.39, 0.29) is 17.9 Å². The molecule has 0 spiro atoms. The molecule has 3 amide bonds. The summed E-state index contributed by atoms with van der Waals surface area (Å²) < 4.78 is 0. The molecule has 1 aliphatic carbocycles. The third kappa shape index (κ3) is 5.45. The Balaban J connectivity index is 1.76. The van der Waals surface area contributed by atoms with Crippen LogP contribution in [0.5, 0.6) is 0 Å². The Morgan fingerprint density at radius 2 is 1.67 bits per heavy atom. The first-order chi connectivity index (χ1) is 10.0. The molecule has 0 atom stereocenters. The lowest BCUT2D eigenvalue weighted by molar-refractivity contribution is -0.117. The van der Waals surface area contributed by atoms with E-state index in [2.05, 4.69) is 29.8 Å². The number of urea groups is 1. The van der Waals surface area contributed by atoms with Crippen LogP contribution in [0.15, 0.2) is 24.3 Å². The summed E-state index contributed by atoms with van der Waals surface area (Å²) >= 11 is 0. The van der Waals surface area contributed by atoms with Crippen molar-refractivity contribution in [1.29, 1.82) is 0 Å². The summed E-state index contributed by atoms with van der Waals surface area (Å²) in [5, 5.41) is 8.45. The van der Waals surface area contributed by atoms with Gasteiger partial charge in [-0.1, -0.05) is 13.8 Å². The summed E-state index contributed by atoms with van der Waals surface area (Å²) in [5.74, 6) is 0.844. The van der Waals surface area contributed by atoms with Crippen LogP contribution in [0.2, 0.25) is 0 Å². The van der Waals surface area contributed by atoms with Crippen LogP contribution in [0.3, 0.4) is 0 Å². The molecule has 0 saturated heterocycles. The summed E-state index contributed by atoms with van der Waals surface area (Å²) in [6.45, 7) is 4.90. The van der Waals surface area contributed by atoms with E-state index >= 15 is 0 Å². The van der Waals surface area contributed by atoms with Crippen LogP contribution in [-0.4, -0.2) is 18.5 Å². The Bertz CT molecular complexity index is 493. The zero-order valence-electron chi connectivity index (χ0n) is 12.6. The van der Waals surface area contributed by atoms with Crippen molar-refractivity contribution in [2.75, 3.05) is 17.2 Å². The Morgan fingerprint density at radius 1 is 1.10 bits per heavy atom. The molecule has 0 bridgehead atoms. The smallest absolute Gasteiger partial charge is 0.319 e. The third-order valence-corrected chi connectivity index (χ3v) is 3.37. The Morgan fingerprint density at radius 3 is 2.19 bits per heavy atom. The number of hydrogen-bond donors (Lipinski definition) is 3. The van der Waals surface area contributed by atoms with Gasteiger partial charge >= 0.3 is 6.03 Å². The first-order valence-electron chi connectivity index (χ1n) is 7.50. The van der Waals surface area contributed by atoms with E-state index in [9.17, 15) is 9.59 Å². The second kappa shape index (κ2) is 7.11. The van der Waals surface area contributed by atoms with Crippen LogP contribution >= 0.6 is 0 Å². The second-order valence-corrected chi connectivity index (χ2v) is 5.90. The molecule has 1 fully saturated rings. The minimum absolute atomic E-state index is 0.0853. The fourth-order valence-corrected chi connectivity index (χ4v) is 1.88. The van der Waals surface area contributed by atoms with Gasteiger partial charge in [-0.25, -0.2) is 4.79 Å². The van der Waals surface area contributed by atoms with Crippen molar-refractivity contribution < 1.29 is 9.59 Å². The largest absolute Gasteiger partial charge is 0.338 e. The maximum Gasteiger partial charge on any atom is 0.319 e. The van der Waals surface area contributed by atoms with E-state index in [0.29, 0.717) is 18.2 Å². The number of benzene rings is 1. The number of nitrogens with one attached hydrogen (secondary N) is 3. The normalized spacial score (nSPS) is 13.9. The van der Waals surface area contributed by atoms with Gasteiger partial charge in [-0.3, -0.25) is 4.79 Å². The molecular weight excluding hydrogens is 266 g/mol. The fraction of sp³-hybridized carbons (Fsp3) is 0.500. The molecule has 2 rings (SSSR count). The molecule has 0 aromatic heterocycles. The van der Waals surface area contributed by atoms with Crippen LogP contribution in [0.25, 0.3) is 0 Å². The van der Waals surface area contributed by atoms with Gasteiger partial charge in [0.1, 0.15) is 0 Å². The van der Waals surface area contributed by atoms with Crippen molar-refractivity contribution in [3.05, 3.63) is 24.3 Å². The van der Waals surface area contributed by atoms with Crippen molar-refractivity contribution in [2.45, 2.75) is 33.1 Å². The highest BCUT2D eigenvalue weighted by molar-refractivity contribution is 5.94. The Kier molecular flexibility index (Phi) is 5.20. The van der Waals surface area contributed by atoms with Gasteiger partial charge in [0.2, 0.25) is 5.91 Å². The van der Waals surface area contributed by atoms with Crippen molar-refractivity contribution in [1.82, 2.24) is 5.32 Å². The van der Waals surface area contributed by atoms with Gasteiger partial charge in [-0.2, -0.15) is 0 Å². The molecule has 1 aromatic rings. The molecule has 1 aliphatic rings. The number of rotatable bonds is 6. The molecule has 0 aliphatic heterocycles. The average molecular weight is 289 g/mol. The zero-order valence-corrected chi connectivity index (χ0v) is 12.6. The number of carbonyl (C=O) groups excluding carboxylic acids is 2. The summed E-state index contributed by atoms with van der Waals surface area (Å²) in [6.07, 6.45) is 2.93. The quantitative estimate of drug-likeness (QED) is 0.752. The number of carbonyl (C=O) groups is 2. The minimum Gasteiger partial charge on any atom is -0.338 e. The maximum absolute atomic E-state index is 11.7. The SMILES string of the molecule is CC(C)CCNC(=O)Nc1ccc(NC(=O)C2CC2)cc1. The molecule has 114 valence electrons. The van der Waals surface area contributed by atoms with Crippen LogP contribution in [0.4, 0.5) is 16.2 Å². The molecule has 1 aromatic carbocycles. The van der Waals surface area contributed by atoms with Gasteiger partial charge < -0.3 is 16.0 Å². The predicted molar refractivity (Wildman–Crippen MR) is 84.3 cm³/mol. The number of anilines is 2. The Hall–Kier alpha value is -2.04. The maximum atomic E-state index is 11.7. The standard InChI is InChI=1S/C16H23N3O2/c1-11(2)9-10-17-16(21)19-14-7-5-13(6-8-14)18-15(20)12-3-4-12/h5-8,11-12H,3-4,9-10H2,1-2H3,(H,18,20)(H2,17,19,21). The van der Waals surface area contributed by atoms with E-state index in [1.54, 1.807) is 24.3 Å².